The summed E-state index contributed by atoms with van der Waals surface area (Å²) < 4.78 is 13.4. The topological polar surface area (TPSA) is 44.4 Å². The standard InChI is InChI=1S/C15H22FN3O/c1-11-9-19(12(2)7-17-11)10-15(20)18-8-13-5-3-4-6-14(13)16/h3-6,11-12,17H,7-10H2,1-2H3,(H,18,20). The molecule has 0 aliphatic carbocycles. The number of benzene rings is 1. The van der Waals surface area contributed by atoms with Crippen LogP contribution in [0.3, 0.4) is 0 Å². The number of nitrogens with one attached hydrogen (secondary N) is 2. The quantitative estimate of drug-likeness (QED) is 0.868. The minimum atomic E-state index is -0.281. The third-order valence-electron chi connectivity index (χ3n) is 3.67. The molecule has 2 rings (SSSR count). The summed E-state index contributed by atoms with van der Waals surface area (Å²) in [6.45, 7) is 6.55. The van der Waals surface area contributed by atoms with E-state index in [4.69, 9.17) is 0 Å². The molecule has 0 bridgehead atoms. The molecule has 5 heteroatoms. The van der Waals surface area contributed by atoms with E-state index in [0.29, 0.717) is 24.2 Å². The van der Waals surface area contributed by atoms with Crippen molar-refractivity contribution in [2.24, 2.45) is 0 Å². The second-order valence-electron chi connectivity index (χ2n) is 5.46. The van der Waals surface area contributed by atoms with Crippen LogP contribution in [0.25, 0.3) is 0 Å². The Morgan fingerprint density at radius 1 is 1.45 bits per heavy atom. The zero-order chi connectivity index (χ0) is 14.5. The average Bonchev–Trinajstić information content (AvgIpc) is 2.42. The Kier molecular flexibility index (Phi) is 5.09. The summed E-state index contributed by atoms with van der Waals surface area (Å²) in [4.78, 5) is 14.1. The van der Waals surface area contributed by atoms with Gasteiger partial charge in [0.25, 0.3) is 0 Å². The van der Waals surface area contributed by atoms with Gasteiger partial charge in [-0.25, -0.2) is 4.39 Å². The van der Waals surface area contributed by atoms with Gasteiger partial charge in [0.15, 0.2) is 0 Å². The zero-order valence-electron chi connectivity index (χ0n) is 12.0. The first-order valence-electron chi connectivity index (χ1n) is 7.04. The van der Waals surface area contributed by atoms with Crippen LogP contribution < -0.4 is 10.6 Å². The predicted octanol–water partition coefficient (Wildman–Crippen LogP) is 1.12. The van der Waals surface area contributed by atoms with Crippen molar-refractivity contribution < 1.29 is 9.18 Å². The van der Waals surface area contributed by atoms with Gasteiger partial charge in [0, 0.05) is 37.3 Å². The third-order valence-corrected chi connectivity index (χ3v) is 3.67. The van der Waals surface area contributed by atoms with E-state index < -0.39 is 0 Å². The van der Waals surface area contributed by atoms with E-state index in [2.05, 4.69) is 29.4 Å². The first-order chi connectivity index (χ1) is 9.56. The number of hydrogen-bond acceptors (Lipinski definition) is 3. The molecular formula is C15H22FN3O. The Hall–Kier alpha value is -1.46. The lowest BCUT2D eigenvalue weighted by atomic mass is 10.1. The van der Waals surface area contributed by atoms with Gasteiger partial charge in [-0.15, -0.1) is 0 Å². The van der Waals surface area contributed by atoms with Gasteiger partial charge in [-0.05, 0) is 19.9 Å². The van der Waals surface area contributed by atoms with Gasteiger partial charge in [-0.3, -0.25) is 9.69 Å². The molecule has 0 aromatic heterocycles. The molecule has 1 aliphatic rings. The van der Waals surface area contributed by atoms with Crippen LogP contribution in [0.5, 0.6) is 0 Å². The molecule has 1 heterocycles. The summed E-state index contributed by atoms with van der Waals surface area (Å²) in [6, 6.07) is 7.23. The summed E-state index contributed by atoms with van der Waals surface area (Å²) in [5.41, 5.74) is 0.516. The number of carbonyl (C=O) groups is 1. The summed E-state index contributed by atoms with van der Waals surface area (Å²) in [5.74, 6) is -0.342. The van der Waals surface area contributed by atoms with E-state index in [1.165, 1.54) is 6.07 Å². The van der Waals surface area contributed by atoms with Gasteiger partial charge < -0.3 is 10.6 Å². The van der Waals surface area contributed by atoms with Gasteiger partial charge in [-0.1, -0.05) is 18.2 Å². The predicted molar refractivity (Wildman–Crippen MR) is 76.7 cm³/mol. The van der Waals surface area contributed by atoms with Crippen molar-refractivity contribution in [2.75, 3.05) is 19.6 Å². The highest BCUT2D eigenvalue weighted by atomic mass is 19.1. The molecular weight excluding hydrogens is 257 g/mol. The molecule has 2 atom stereocenters. The van der Waals surface area contributed by atoms with Gasteiger partial charge in [0.05, 0.1) is 6.54 Å². The summed E-state index contributed by atoms with van der Waals surface area (Å²) >= 11 is 0. The SMILES string of the molecule is CC1CN(CC(=O)NCc2ccccc2F)C(C)CN1. The van der Waals surface area contributed by atoms with Crippen LogP contribution in [0.2, 0.25) is 0 Å². The molecule has 1 aromatic rings. The monoisotopic (exact) mass is 279 g/mol. The average molecular weight is 279 g/mol. The normalized spacial score (nSPS) is 23.6. The van der Waals surface area contributed by atoms with Crippen molar-refractivity contribution in [3.63, 3.8) is 0 Å². The molecule has 1 amide bonds. The van der Waals surface area contributed by atoms with Crippen LogP contribution in [-0.4, -0.2) is 42.5 Å². The second-order valence-corrected chi connectivity index (χ2v) is 5.46. The largest absolute Gasteiger partial charge is 0.351 e. The lowest BCUT2D eigenvalue weighted by Crippen LogP contribution is -2.56. The van der Waals surface area contributed by atoms with Crippen LogP contribution in [0, 0.1) is 5.82 Å². The molecule has 0 saturated carbocycles. The zero-order valence-corrected chi connectivity index (χ0v) is 12.0. The molecule has 20 heavy (non-hydrogen) atoms. The fraction of sp³-hybridized carbons (Fsp3) is 0.533. The summed E-state index contributed by atoms with van der Waals surface area (Å²) in [6.07, 6.45) is 0. The Bertz CT molecular complexity index is 466. The van der Waals surface area contributed by atoms with E-state index in [-0.39, 0.29) is 18.3 Å². The van der Waals surface area contributed by atoms with Crippen molar-refractivity contribution in [3.05, 3.63) is 35.6 Å². The maximum Gasteiger partial charge on any atom is 0.234 e. The highest BCUT2D eigenvalue weighted by molar-refractivity contribution is 5.78. The summed E-state index contributed by atoms with van der Waals surface area (Å²) in [5, 5.41) is 6.16. The van der Waals surface area contributed by atoms with Crippen LogP contribution >= 0.6 is 0 Å². The summed E-state index contributed by atoms with van der Waals surface area (Å²) in [7, 11) is 0. The highest BCUT2D eigenvalue weighted by Gasteiger charge is 2.23. The molecule has 1 fully saturated rings. The van der Waals surface area contributed by atoms with Crippen molar-refractivity contribution in [1.29, 1.82) is 0 Å². The maximum atomic E-state index is 13.4. The van der Waals surface area contributed by atoms with Crippen molar-refractivity contribution >= 4 is 5.91 Å². The number of halogens is 1. The number of carbonyl (C=O) groups excluding carboxylic acids is 1. The van der Waals surface area contributed by atoms with E-state index in [0.717, 1.165) is 13.1 Å². The fourth-order valence-corrected chi connectivity index (χ4v) is 2.39. The van der Waals surface area contributed by atoms with E-state index in [9.17, 15) is 9.18 Å². The number of hydrogen-bond donors (Lipinski definition) is 2. The lowest BCUT2D eigenvalue weighted by Gasteiger charge is -2.36. The van der Waals surface area contributed by atoms with Crippen LogP contribution in [0.15, 0.2) is 24.3 Å². The van der Waals surface area contributed by atoms with E-state index in [1.54, 1.807) is 18.2 Å². The first kappa shape index (κ1) is 14.9. The van der Waals surface area contributed by atoms with Gasteiger partial charge in [0.1, 0.15) is 5.82 Å². The minimum absolute atomic E-state index is 0.0609. The number of piperazine rings is 1. The Morgan fingerprint density at radius 3 is 2.95 bits per heavy atom. The Balaban J connectivity index is 1.82. The second kappa shape index (κ2) is 6.81. The molecule has 4 nitrogen and oxygen atoms in total. The molecule has 110 valence electrons. The van der Waals surface area contributed by atoms with Crippen LogP contribution in [0.4, 0.5) is 4.39 Å². The van der Waals surface area contributed by atoms with Gasteiger partial charge in [0.2, 0.25) is 5.91 Å². The minimum Gasteiger partial charge on any atom is -0.351 e. The lowest BCUT2D eigenvalue weighted by molar-refractivity contribution is -0.123. The van der Waals surface area contributed by atoms with Crippen molar-refractivity contribution in [2.45, 2.75) is 32.5 Å². The maximum absolute atomic E-state index is 13.4. The van der Waals surface area contributed by atoms with Gasteiger partial charge >= 0.3 is 0 Å². The van der Waals surface area contributed by atoms with Crippen LogP contribution in [-0.2, 0) is 11.3 Å². The first-order valence-corrected chi connectivity index (χ1v) is 7.04. The molecule has 2 unspecified atom stereocenters. The number of nitrogens with zero attached hydrogens (tertiary/aromatic N) is 1. The molecule has 1 aromatic carbocycles. The van der Waals surface area contributed by atoms with Crippen molar-refractivity contribution in [3.8, 4) is 0 Å². The molecule has 0 spiro atoms. The van der Waals surface area contributed by atoms with Gasteiger partial charge in [-0.2, -0.15) is 0 Å². The molecule has 1 saturated heterocycles. The van der Waals surface area contributed by atoms with Crippen molar-refractivity contribution in [1.82, 2.24) is 15.5 Å². The molecule has 2 N–H and O–H groups in total. The fourth-order valence-electron chi connectivity index (χ4n) is 2.39. The Labute approximate surface area is 119 Å². The third kappa shape index (κ3) is 4.02. The molecule has 1 aliphatic heterocycles. The van der Waals surface area contributed by atoms with E-state index in [1.807, 2.05) is 0 Å². The number of rotatable bonds is 4. The number of amides is 1. The Morgan fingerprint density at radius 2 is 2.20 bits per heavy atom. The smallest absolute Gasteiger partial charge is 0.234 e. The van der Waals surface area contributed by atoms with E-state index >= 15 is 0 Å². The van der Waals surface area contributed by atoms with Crippen LogP contribution in [0.1, 0.15) is 19.4 Å². The highest BCUT2D eigenvalue weighted by Crippen LogP contribution is 2.07. The molecule has 0 radical (unpaired) electrons.